The van der Waals surface area contributed by atoms with Crippen LogP contribution in [-0.4, -0.2) is 27.4 Å². The zero-order valence-electron chi connectivity index (χ0n) is 18.7. The second-order valence-electron chi connectivity index (χ2n) is 7.93. The van der Waals surface area contributed by atoms with Gasteiger partial charge in [-0.05, 0) is 53.4 Å². The zero-order valence-corrected chi connectivity index (χ0v) is 21.1. The quantitative estimate of drug-likeness (QED) is 0.147. The third kappa shape index (κ3) is 5.63. The third-order valence-electron chi connectivity index (χ3n) is 5.17. The van der Waals surface area contributed by atoms with Gasteiger partial charge in [0.15, 0.2) is 5.16 Å². The number of carbonyl (C=O) groups is 1. The number of nitrogens with zero attached hydrogens (tertiary/aromatic N) is 3. The number of benzene rings is 3. The largest absolute Gasteiger partial charge is 0.272 e. The molecule has 8 heteroatoms. The van der Waals surface area contributed by atoms with E-state index in [4.69, 9.17) is 0 Å². The predicted octanol–water partition coefficient (Wildman–Crippen LogP) is 5.51. The van der Waals surface area contributed by atoms with Crippen LogP contribution in [0.2, 0.25) is 0 Å². The van der Waals surface area contributed by atoms with Crippen molar-refractivity contribution >= 4 is 50.7 Å². The third-order valence-corrected chi connectivity index (χ3v) is 6.64. The molecule has 0 bridgehead atoms. The van der Waals surface area contributed by atoms with Crippen LogP contribution in [-0.2, 0) is 4.79 Å². The summed E-state index contributed by atoms with van der Waals surface area (Å²) in [6, 6.07) is 22.6. The zero-order chi connectivity index (χ0) is 24.1. The summed E-state index contributed by atoms with van der Waals surface area (Å²) in [5.74, 6) is 0.233. The maximum Gasteiger partial charge on any atom is 0.266 e. The summed E-state index contributed by atoms with van der Waals surface area (Å²) in [7, 11) is 0. The summed E-state index contributed by atoms with van der Waals surface area (Å²) < 4.78 is 2.44. The number of carbonyl (C=O) groups excluding carboxylic acids is 1. The highest BCUT2D eigenvalue weighted by Crippen LogP contribution is 2.22. The Balaban J connectivity index is 1.51. The first-order chi connectivity index (χ1) is 16.4. The number of hydrogen-bond donors (Lipinski definition) is 1. The van der Waals surface area contributed by atoms with Crippen LogP contribution in [0.4, 0.5) is 0 Å². The van der Waals surface area contributed by atoms with E-state index in [2.05, 4.69) is 57.4 Å². The molecule has 0 fully saturated rings. The lowest BCUT2D eigenvalue weighted by Crippen LogP contribution is -2.24. The monoisotopic (exact) mass is 534 g/mol. The molecular weight excluding hydrogens is 512 g/mol. The molecule has 0 radical (unpaired) electrons. The van der Waals surface area contributed by atoms with Gasteiger partial charge in [-0.2, -0.15) is 5.10 Å². The first-order valence-electron chi connectivity index (χ1n) is 10.7. The lowest BCUT2D eigenvalue weighted by Gasteiger charge is -2.13. The van der Waals surface area contributed by atoms with Crippen molar-refractivity contribution in [3.05, 3.63) is 98.7 Å². The fraction of sp³-hybridized carbons (Fsp3) is 0.154. The number of thioether (sulfide) groups is 1. The highest BCUT2D eigenvalue weighted by molar-refractivity contribution is 9.10. The number of fused-ring (bicyclic) bond motifs is 1. The van der Waals surface area contributed by atoms with Crippen LogP contribution in [0.25, 0.3) is 16.6 Å². The lowest BCUT2D eigenvalue weighted by atomic mass is 10.0. The number of amides is 1. The molecule has 0 saturated carbocycles. The van der Waals surface area contributed by atoms with Crippen molar-refractivity contribution in [3.8, 4) is 5.69 Å². The van der Waals surface area contributed by atoms with E-state index in [0.29, 0.717) is 27.7 Å². The van der Waals surface area contributed by atoms with E-state index >= 15 is 0 Å². The Hall–Kier alpha value is -3.23. The van der Waals surface area contributed by atoms with Crippen molar-refractivity contribution in [1.29, 1.82) is 0 Å². The molecule has 3 aromatic carbocycles. The first kappa shape index (κ1) is 23.9. The molecule has 1 aromatic heterocycles. The van der Waals surface area contributed by atoms with E-state index in [1.807, 2.05) is 48.5 Å². The minimum Gasteiger partial charge on any atom is -0.272 e. The summed E-state index contributed by atoms with van der Waals surface area (Å²) in [4.78, 5) is 30.3. The molecule has 0 saturated heterocycles. The van der Waals surface area contributed by atoms with E-state index in [1.165, 1.54) is 21.9 Å². The average Bonchev–Trinajstić information content (AvgIpc) is 2.84. The van der Waals surface area contributed by atoms with E-state index in [1.54, 1.807) is 18.3 Å². The molecule has 4 rings (SSSR count). The van der Waals surface area contributed by atoms with Gasteiger partial charge in [-0.3, -0.25) is 14.2 Å². The van der Waals surface area contributed by atoms with E-state index in [9.17, 15) is 9.59 Å². The van der Waals surface area contributed by atoms with Gasteiger partial charge in [0.2, 0.25) is 0 Å². The van der Waals surface area contributed by atoms with Gasteiger partial charge in [0.1, 0.15) is 0 Å². The van der Waals surface area contributed by atoms with Gasteiger partial charge in [-0.1, -0.05) is 77.9 Å². The Morgan fingerprint density at radius 3 is 2.50 bits per heavy atom. The summed E-state index contributed by atoms with van der Waals surface area (Å²) in [5.41, 5.74) is 5.78. The first-order valence-corrected chi connectivity index (χ1v) is 12.5. The number of hydrogen-bond acceptors (Lipinski definition) is 5. The minimum absolute atomic E-state index is 0.0605. The Kier molecular flexibility index (Phi) is 7.59. The van der Waals surface area contributed by atoms with Crippen LogP contribution < -0.4 is 11.0 Å². The van der Waals surface area contributed by atoms with Crippen LogP contribution in [0.5, 0.6) is 0 Å². The molecule has 0 aliphatic heterocycles. The molecule has 0 aliphatic rings. The van der Waals surface area contributed by atoms with E-state index in [0.717, 1.165) is 10.0 Å². The number of halogens is 1. The van der Waals surface area contributed by atoms with Crippen molar-refractivity contribution < 1.29 is 4.79 Å². The minimum atomic E-state index is -0.287. The lowest BCUT2D eigenvalue weighted by molar-refractivity contribution is -0.118. The highest BCUT2D eigenvalue weighted by Gasteiger charge is 2.14. The van der Waals surface area contributed by atoms with Crippen LogP contribution in [0, 0.1) is 0 Å². The highest BCUT2D eigenvalue weighted by atomic mass is 79.9. The molecule has 34 heavy (non-hydrogen) atoms. The summed E-state index contributed by atoms with van der Waals surface area (Å²) in [6.45, 7) is 4.28. The van der Waals surface area contributed by atoms with Crippen molar-refractivity contribution in [2.24, 2.45) is 5.10 Å². The van der Waals surface area contributed by atoms with Crippen molar-refractivity contribution in [3.63, 3.8) is 0 Å². The van der Waals surface area contributed by atoms with Crippen molar-refractivity contribution in [2.75, 3.05) is 5.75 Å². The van der Waals surface area contributed by atoms with Gasteiger partial charge in [0, 0.05) is 4.47 Å². The fourth-order valence-electron chi connectivity index (χ4n) is 3.34. The van der Waals surface area contributed by atoms with Gasteiger partial charge < -0.3 is 0 Å². The maximum atomic E-state index is 13.2. The Labute approximate surface area is 210 Å². The van der Waals surface area contributed by atoms with Gasteiger partial charge >= 0.3 is 0 Å². The van der Waals surface area contributed by atoms with Crippen molar-refractivity contribution in [1.82, 2.24) is 15.0 Å². The molecule has 1 amide bonds. The van der Waals surface area contributed by atoms with Crippen molar-refractivity contribution in [2.45, 2.75) is 24.9 Å². The van der Waals surface area contributed by atoms with Crippen LogP contribution in [0.3, 0.4) is 0 Å². The molecule has 4 aromatic rings. The Morgan fingerprint density at radius 1 is 1.09 bits per heavy atom. The number of rotatable bonds is 7. The topological polar surface area (TPSA) is 76.3 Å². The van der Waals surface area contributed by atoms with E-state index in [-0.39, 0.29) is 17.2 Å². The normalized spacial score (nSPS) is 11.4. The van der Waals surface area contributed by atoms with Gasteiger partial charge in [0.05, 0.1) is 28.6 Å². The van der Waals surface area contributed by atoms with Gasteiger partial charge in [0.25, 0.3) is 11.5 Å². The molecule has 172 valence electrons. The number of hydrazone groups is 1. The molecule has 6 nitrogen and oxygen atoms in total. The SMILES string of the molecule is CC(C)c1ccc(C=NNC(=O)CSc2nc3ccccc3c(=O)n2-c2ccc(Br)cc2)cc1. The van der Waals surface area contributed by atoms with Crippen LogP contribution in [0.15, 0.2) is 92.3 Å². The summed E-state index contributed by atoms with van der Waals surface area (Å²) in [5, 5.41) is 5.01. The molecule has 0 aliphatic carbocycles. The summed E-state index contributed by atoms with van der Waals surface area (Å²) in [6.07, 6.45) is 1.61. The average molecular weight is 535 g/mol. The molecule has 0 unspecified atom stereocenters. The van der Waals surface area contributed by atoms with Gasteiger partial charge in [-0.15, -0.1) is 0 Å². The second-order valence-corrected chi connectivity index (χ2v) is 9.79. The predicted molar refractivity (Wildman–Crippen MR) is 142 cm³/mol. The number of aromatic nitrogens is 2. The molecular formula is C26H23BrN4O2S. The van der Waals surface area contributed by atoms with Gasteiger partial charge in [-0.25, -0.2) is 10.4 Å². The number of nitrogens with one attached hydrogen (secondary N) is 1. The maximum absolute atomic E-state index is 13.2. The standard InChI is InChI=1S/C26H23BrN4O2S/c1-17(2)19-9-7-18(8-10-19)15-28-30-24(32)16-34-26-29-23-6-4-3-5-22(23)25(33)31(26)21-13-11-20(27)12-14-21/h3-15,17H,16H2,1-2H3,(H,30,32). The smallest absolute Gasteiger partial charge is 0.266 e. The Bertz CT molecular complexity index is 1400. The van der Waals surface area contributed by atoms with Crippen LogP contribution >= 0.6 is 27.7 Å². The molecule has 1 heterocycles. The Morgan fingerprint density at radius 2 is 1.79 bits per heavy atom. The van der Waals surface area contributed by atoms with E-state index < -0.39 is 0 Å². The molecule has 0 atom stereocenters. The summed E-state index contributed by atoms with van der Waals surface area (Å²) >= 11 is 4.61. The molecule has 0 spiro atoms. The molecule has 1 N–H and O–H groups in total. The number of para-hydroxylation sites is 1. The van der Waals surface area contributed by atoms with Crippen LogP contribution in [0.1, 0.15) is 30.9 Å². The second kappa shape index (κ2) is 10.8. The fourth-order valence-corrected chi connectivity index (χ4v) is 4.40.